The first-order valence-electron chi connectivity index (χ1n) is 8.54. The third-order valence-corrected chi connectivity index (χ3v) is 4.21. The van der Waals surface area contributed by atoms with Crippen LogP contribution < -0.4 is 0 Å². The lowest BCUT2D eigenvalue weighted by Crippen LogP contribution is -2.47. The molecule has 0 radical (unpaired) electrons. The summed E-state index contributed by atoms with van der Waals surface area (Å²) in [6, 6.07) is 19.4. The van der Waals surface area contributed by atoms with Crippen molar-refractivity contribution >= 4 is 6.29 Å². The molecular weight excluding hydrogens is 332 g/mol. The van der Waals surface area contributed by atoms with Crippen molar-refractivity contribution in [2.45, 2.75) is 31.5 Å². The van der Waals surface area contributed by atoms with Crippen molar-refractivity contribution in [2.75, 3.05) is 6.61 Å². The zero-order valence-electron chi connectivity index (χ0n) is 14.4. The van der Waals surface area contributed by atoms with Crippen LogP contribution in [-0.2, 0) is 32.2 Å². The number of rotatable bonds is 8. The molecule has 0 saturated heterocycles. The Morgan fingerprint density at radius 1 is 0.962 bits per heavy atom. The van der Waals surface area contributed by atoms with E-state index in [0.29, 0.717) is 19.5 Å². The maximum Gasteiger partial charge on any atom is 0.151 e. The van der Waals surface area contributed by atoms with E-state index in [1.807, 2.05) is 60.7 Å². The van der Waals surface area contributed by atoms with Gasteiger partial charge in [-0.2, -0.15) is 0 Å². The van der Waals surface area contributed by atoms with Crippen molar-refractivity contribution in [1.29, 1.82) is 0 Å². The standard InChI is InChI=1S/C21H22O5/c22-11-18-14-25-19(15-24-12-16-7-3-1-4-8-16)21(20(18)23)26-13-17-9-5-2-6-10-17/h1-11,14,19-21,23H,12-13,15H2/t19-,20+,21+/m1/s1. The van der Waals surface area contributed by atoms with Gasteiger partial charge < -0.3 is 19.3 Å². The second-order valence-corrected chi connectivity index (χ2v) is 6.12. The van der Waals surface area contributed by atoms with E-state index in [9.17, 15) is 9.90 Å². The largest absolute Gasteiger partial charge is 0.492 e. The first kappa shape index (κ1) is 18.3. The molecule has 2 aromatic carbocycles. The molecule has 26 heavy (non-hydrogen) atoms. The summed E-state index contributed by atoms with van der Waals surface area (Å²) in [6.07, 6.45) is -0.353. The smallest absolute Gasteiger partial charge is 0.151 e. The summed E-state index contributed by atoms with van der Waals surface area (Å²) in [5.41, 5.74) is 2.20. The lowest BCUT2D eigenvalue weighted by molar-refractivity contribution is -0.137. The van der Waals surface area contributed by atoms with E-state index in [2.05, 4.69) is 0 Å². The van der Waals surface area contributed by atoms with Gasteiger partial charge in [0, 0.05) is 0 Å². The highest BCUT2D eigenvalue weighted by atomic mass is 16.6. The van der Waals surface area contributed by atoms with Crippen LogP contribution in [0.3, 0.4) is 0 Å². The summed E-state index contributed by atoms with van der Waals surface area (Å²) in [7, 11) is 0. The number of ether oxygens (including phenoxy) is 3. The number of benzene rings is 2. The van der Waals surface area contributed by atoms with Gasteiger partial charge in [0.25, 0.3) is 0 Å². The van der Waals surface area contributed by atoms with Crippen LogP contribution in [0.5, 0.6) is 0 Å². The van der Waals surface area contributed by atoms with Crippen LogP contribution in [0.2, 0.25) is 0 Å². The van der Waals surface area contributed by atoms with E-state index in [0.717, 1.165) is 11.1 Å². The summed E-state index contributed by atoms with van der Waals surface area (Å²) < 4.78 is 17.2. The molecule has 0 saturated carbocycles. The molecule has 0 amide bonds. The topological polar surface area (TPSA) is 65.0 Å². The average molecular weight is 354 g/mol. The minimum atomic E-state index is -1.05. The Balaban J connectivity index is 1.61. The van der Waals surface area contributed by atoms with E-state index < -0.39 is 18.3 Å². The molecule has 136 valence electrons. The summed E-state index contributed by atoms with van der Waals surface area (Å²) >= 11 is 0. The lowest BCUT2D eigenvalue weighted by atomic mass is 9.99. The van der Waals surface area contributed by atoms with Crippen LogP contribution >= 0.6 is 0 Å². The Labute approximate surface area is 152 Å². The van der Waals surface area contributed by atoms with Crippen molar-refractivity contribution in [3.8, 4) is 0 Å². The van der Waals surface area contributed by atoms with Gasteiger partial charge in [-0.25, -0.2) is 0 Å². The fraction of sp³-hybridized carbons (Fsp3) is 0.286. The predicted octanol–water partition coefficient (Wildman–Crippen LogP) is 2.63. The van der Waals surface area contributed by atoms with Gasteiger partial charge in [-0.05, 0) is 11.1 Å². The maximum atomic E-state index is 11.1. The van der Waals surface area contributed by atoms with Crippen molar-refractivity contribution in [3.05, 3.63) is 83.6 Å². The molecule has 0 fully saturated rings. The van der Waals surface area contributed by atoms with Gasteiger partial charge in [-0.15, -0.1) is 0 Å². The molecule has 1 aliphatic rings. The minimum Gasteiger partial charge on any atom is -0.492 e. The first-order chi connectivity index (χ1) is 12.8. The normalized spacial score (nSPS) is 22.3. The van der Waals surface area contributed by atoms with Gasteiger partial charge in [0.1, 0.15) is 18.3 Å². The van der Waals surface area contributed by atoms with Gasteiger partial charge in [-0.3, -0.25) is 4.79 Å². The summed E-state index contributed by atoms with van der Waals surface area (Å²) in [6.45, 7) is 0.994. The first-order valence-corrected chi connectivity index (χ1v) is 8.54. The maximum absolute atomic E-state index is 11.1. The third kappa shape index (κ3) is 4.79. The molecule has 0 bridgehead atoms. The Hall–Kier alpha value is -2.47. The van der Waals surface area contributed by atoms with Crippen molar-refractivity contribution in [3.63, 3.8) is 0 Å². The molecule has 0 unspecified atom stereocenters. The second kappa shape index (κ2) is 9.29. The number of hydrogen-bond donors (Lipinski definition) is 1. The number of carbonyl (C=O) groups excluding carboxylic acids is 1. The number of carbonyl (C=O) groups is 1. The molecule has 0 aromatic heterocycles. The number of aliphatic hydroxyl groups is 1. The fourth-order valence-corrected chi connectivity index (χ4v) is 2.77. The number of aldehydes is 1. The van der Waals surface area contributed by atoms with E-state index in [1.54, 1.807) is 0 Å². The molecule has 2 aromatic rings. The van der Waals surface area contributed by atoms with Gasteiger partial charge in [0.2, 0.25) is 0 Å². The summed E-state index contributed by atoms with van der Waals surface area (Å²) in [5.74, 6) is 0. The highest BCUT2D eigenvalue weighted by molar-refractivity contribution is 5.74. The molecule has 0 spiro atoms. The summed E-state index contributed by atoms with van der Waals surface area (Å²) in [5, 5.41) is 10.4. The zero-order valence-corrected chi connectivity index (χ0v) is 14.4. The quantitative estimate of drug-likeness (QED) is 0.739. The van der Waals surface area contributed by atoms with Crippen molar-refractivity contribution in [2.24, 2.45) is 0 Å². The monoisotopic (exact) mass is 354 g/mol. The Bertz CT molecular complexity index is 714. The Kier molecular flexibility index (Phi) is 6.55. The third-order valence-electron chi connectivity index (χ3n) is 4.21. The molecular formula is C21H22O5. The lowest BCUT2D eigenvalue weighted by Gasteiger charge is -2.34. The van der Waals surface area contributed by atoms with Crippen LogP contribution in [0.15, 0.2) is 72.5 Å². The van der Waals surface area contributed by atoms with Crippen LogP contribution in [0.4, 0.5) is 0 Å². The van der Waals surface area contributed by atoms with Crippen molar-refractivity contribution in [1.82, 2.24) is 0 Å². The van der Waals surface area contributed by atoms with Crippen LogP contribution in [0, 0.1) is 0 Å². The predicted molar refractivity (Wildman–Crippen MR) is 96.1 cm³/mol. The Morgan fingerprint density at radius 3 is 2.19 bits per heavy atom. The van der Waals surface area contributed by atoms with Gasteiger partial charge in [0.15, 0.2) is 6.29 Å². The second-order valence-electron chi connectivity index (χ2n) is 6.12. The van der Waals surface area contributed by atoms with Gasteiger partial charge >= 0.3 is 0 Å². The van der Waals surface area contributed by atoms with Crippen LogP contribution in [-0.4, -0.2) is 36.3 Å². The van der Waals surface area contributed by atoms with E-state index in [4.69, 9.17) is 14.2 Å². The number of aliphatic hydroxyl groups excluding tert-OH is 1. The molecule has 3 atom stereocenters. The van der Waals surface area contributed by atoms with Crippen molar-refractivity contribution < 1.29 is 24.1 Å². The Morgan fingerprint density at radius 2 is 1.58 bits per heavy atom. The SMILES string of the molecule is O=CC1=CO[C@H](COCc2ccccc2)[C@H](OCc2ccccc2)[C@H]1O. The molecule has 3 rings (SSSR count). The molecule has 1 aliphatic heterocycles. The van der Waals surface area contributed by atoms with Gasteiger partial charge in [0.05, 0.1) is 31.7 Å². The van der Waals surface area contributed by atoms with Gasteiger partial charge in [-0.1, -0.05) is 60.7 Å². The highest BCUT2D eigenvalue weighted by Gasteiger charge is 2.36. The highest BCUT2D eigenvalue weighted by Crippen LogP contribution is 2.23. The summed E-state index contributed by atoms with van der Waals surface area (Å²) in [4.78, 5) is 11.1. The fourth-order valence-electron chi connectivity index (χ4n) is 2.77. The molecule has 5 heteroatoms. The minimum absolute atomic E-state index is 0.169. The van der Waals surface area contributed by atoms with E-state index in [-0.39, 0.29) is 12.2 Å². The zero-order chi connectivity index (χ0) is 18.2. The van der Waals surface area contributed by atoms with E-state index >= 15 is 0 Å². The molecule has 0 aliphatic carbocycles. The van der Waals surface area contributed by atoms with E-state index in [1.165, 1.54) is 6.26 Å². The number of hydrogen-bond acceptors (Lipinski definition) is 5. The van der Waals surface area contributed by atoms with Crippen LogP contribution in [0.1, 0.15) is 11.1 Å². The molecule has 5 nitrogen and oxygen atoms in total. The molecule has 1 heterocycles. The van der Waals surface area contributed by atoms with Crippen LogP contribution in [0.25, 0.3) is 0 Å². The molecule has 1 N–H and O–H groups in total. The average Bonchev–Trinajstić information content (AvgIpc) is 2.69.